The number of nitrogens with zero attached hydrogens (tertiary/aromatic N) is 2. The molecule has 1 fully saturated rings. The van der Waals surface area contributed by atoms with Gasteiger partial charge in [-0.2, -0.15) is 0 Å². The molecule has 0 saturated carbocycles. The third-order valence-corrected chi connectivity index (χ3v) is 4.48. The van der Waals surface area contributed by atoms with Crippen LogP contribution in [0.1, 0.15) is 25.8 Å². The van der Waals surface area contributed by atoms with E-state index in [1.54, 1.807) is 9.80 Å². The Morgan fingerprint density at radius 3 is 2.64 bits per heavy atom. The van der Waals surface area contributed by atoms with E-state index in [1.165, 1.54) is 0 Å². The number of benzene rings is 1. The van der Waals surface area contributed by atoms with Crippen LogP contribution in [0.4, 0.5) is 5.69 Å². The molecule has 22 heavy (non-hydrogen) atoms. The van der Waals surface area contributed by atoms with Crippen LogP contribution in [0.2, 0.25) is 0 Å². The molecule has 2 aliphatic rings. The molecular formula is C17H22N2O3. The molecular weight excluding hydrogens is 280 g/mol. The summed E-state index contributed by atoms with van der Waals surface area (Å²) >= 11 is 0. The monoisotopic (exact) mass is 302 g/mol. The first-order chi connectivity index (χ1) is 10.5. The molecule has 2 aliphatic heterocycles. The van der Waals surface area contributed by atoms with Gasteiger partial charge in [0, 0.05) is 30.6 Å². The summed E-state index contributed by atoms with van der Waals surface area (Å²) in [4.78, 5) is 28.4. The standard InChI is InChI=1S/C17H22N2O3/c1-17(2)11-15(20)19(14-6-4-3-5-13(14)17)12-16(21)18-7-9-22-10-8-18/h3-6H,7-12H2,1-2H3. The Bertz CT molecular complexity index is 591. The third kappa shape index (κ3) is 2.73. The van der Waals surface area contributed by atoms with Crippen LogP contribution in [0, 0.1) is 0 Å². The molecule has 1 saturated heterocycles. The Hall–Kier alpha value is -1.88. The SMILES string of the molecule is CC1(C)CC(=O)N(CC(=O)N2CCOCC2)c2ccccc21. The highest BCUT2D eigenvalue weighted by Crippen LogP contribution is 2.39. The van der Waals surface area contributed by atoms with Crippen LogP contribution in [0.5, 0.6) is 0 Å². The molecule has 0 spiro atoms. The minimum Gasteiger partial charge on any atom is -0.378 e. The molecule has 0 aromatic heterocycles. The first kappa shape index (κ1) is 15.0. The number of carbonyl (C=O) groups excluding carboxylic acids is 2. The van der Waals surface area contributed by atoms with E-state index >= 15 is 0 Å². The maximum Gasteiger partial charge on any atom is 0.242 e. The number of morpholine rings is 1. The highest BCUT2D eigenvalue weighted by Gasteiger charge is 2.37. The van der Waals surface area contributed by atoms with E-state index in [2.05, 4.69) is 13.8 Å². The molecule has 3 rings (SSSR count). The van der Waals surface area contributed by atoms with E-state index in [0.717, 1.165) is 11.3 Å². The molecule has 0 N–H and O–H groups in total. The van der Waals surface area contributed by atoms with Gasteiger partial charge in [0.15, 0.2) is 0 Å². The number of anilines is 1. The molecule has 5 nitrogen and oxygen atoms in total. The van der Waals surface area contributed by atoms with Gasteiger partial charge in [0.1, 0.15) is 6.54 Å². The van der Waals surface area contributed by atoms with E-state index in [-0.39, 0.29) is 23.8 Å². The quantitative estimate of drug-likeness (QED) is 0.833. The second-order valence-electron chi connectivity index (χ2n) is 6.55. The Kier molecular flexibility index (Phi) is 3.91. The van der Waals surface area contributed by atoms with Gasteiger partial charge in [0.2, 0.25) is 11.8 Å². The van der Waals surface area contributed by atoms with Crippen molar-refractivity contribution in [3.8, 4) is 0 Å². The van der Waals surface area contributed by atoms with E-state index in [1.807, 2.05) is 24.3 Å². The van der Waals surface area contributed by atoms with E-state index in [9.17, 15) is 9.59 Å². The van der Waals surface area contributed by atoms with Gasteiger partial charge >= 0.3 is 0 Å². The summed E-state index contributed by atoms with van der Waals surface area (Å²) in [6.07, 6.45) is 0.431. The van der Waals surface area contributed by atoms with Crippen LogP contribution in [-0.4, -0.2) is 49.6 Å². The predicted octanol–water partition coefficient (Wildman–Crippen LogP) is 1.56. The number of carbonyl (C=O) groups is 2. The van der Waals surface area contributed by atoms with Gasteiger partial charge in [-0.3, -0.25) is 9.59 Å². The second-order valence-corrected chi connectivity index (χ2v) is 6.55. The number of amides is 2. The van der Waals surface area contributed by atoms with Crippen molar-refractivity contribution in [3.05, 3.63) is 29.8 Å². The second kappa shape index (κ2) is 5.72. The largest absolute Gasteiger partial charge is 0.378 e. The Balaban J connectivity index is 1.84. The fraction of sp³-hybridized carbons (Fsp3) is 0.529. The van der Waals surface area contributed by atoms with Crippen LogP contribution in [0.15, 0.2) is 24.3 Å². The molecule has 2 amide bonds. The molecule has 0 unspecified atom stereocenters. The van der Waals surface area contributed by atoms with Crippen molar-refractivity contribution in [3.63, 3.8) is 0 Å². The van der Waals surface area contributed by atoms with E-state index in [0.29, 0.717) is 32.7 Å². The van der Waals surface area contributed by atoms with Crippen LogP contribution in [-0.2, 0) is 19.7 Å². The van der Waals surface area contributed by atoms with Gasteiger partial charge in [-0.05, 0) is 11.6 Å². The lowest BCUT2D eigenvalue weighted by Crippen LogP contribution is -2.50. The van der Waals surface area contributed by atoms with Crippen LogP contribution < -0.4 is 4.90 Å². The molecule has 118 valence electrons. The molecule has 0 atom stereocenters. The first-order valence-corrected chi connectivity index (χ1v) is 7.74. The van der Waals surface area contributed by atoms with Crippen LogP contribution >= 0.6 is 0 Å². The lowest BCUT2D eigenvalue weighted by molar-refractivity contribution is -0.135. The third-order valence-electron chi connectivity index (χ3n) is 4.48. The minimum absolute atomic E-state index is 0.00819. The van der Waals surface area contributed by atoms with Gasteiger partial charge in [0.05, 0.1) is 13.2 Å². The average Bonchev–Trinajstić information content (AvgIpc) is 2.52. The first-order valence-electron chi connectivity index (χ1n) is 7.74. The van der Waals surface area contributed by atoms with Gasteiger partial charge < -0.3 is 14.5 Å². The smallest absolute Gasteiger partial charge is 0.242 e. The zero-order valence-electron chi connectivity index (χ0n) is 13.2. The fourth-order valence-corrected chi connectivity index (χ4v) is 3.21. The summed E-state index contributed by atoms with van der Waals surface area (Å²) in [6, 6.07) is 7.88. The normalized spacial score (nSPS) is 20.7. The maximum absolute atomic E-state index is 12.5. The van der Waals surface area contributed by atoms with Crippen molar-refractivity contribution in [2.45, 2.75) is 25.7 Å². The zero-order valence-corrected chi connectivity index (χ0v) is 13.2. The number of hydrogen-bond acceptors (Lipinski definition) is 3. The van der Waals surface area contributed by atoms with Crippen LogP contribution in [0.25, 0.3) is 0 Å². The molecule has 0 aliphatic carbocycles. The molecule has 0 bridgehead atoms. The number of fused-ring (bicyclic) bond motifs is 1. The summed E-state index contributed by atoms with van der Waals surface area (Å²) in [5.41, 5.74) is 1.81. The van der Waals surface area contributed by atoms with Crippen molar-refractivity contribution < 1.29 is 14.3 Å². The summed E-state index contributed by atoms with van der Waals surface area (Å²) in [7, 11) is 0. The highest BCUT2D eigenvalue weighted by molar-refractivity contribution is 6.02. The van der Waals surface area contributed by atoms with Gasteiger partial charge in [0.25, 0.3) is 0 Å². The molecule has 1 aromatic rings. The van der Waals surface area contributed by atoms with E-state index < -0.39 is 0 Å². The maximum atomic E-state index is 12.5. The van der Waals surface area contributed by atoms with E-state index in [4.69, 9.17) is 4.74 Å². The number of para-hydroxylation sites is 1. The lowest BCUT2D eigenvalue weighted by atomic mass is 9.77. The molecule has 2 heterocycles. The number of rotatable bonds is 2. The lowest BCUT2D eigenvalue weighted by Gasteiger charge is -2.39. The van der Waals surface area contributed by atoms with Gasteiger partial charge in [-0.15, -0.1) is 0 Å². The van der Waals surface area contributed by atoms with Crippen LogP contribution in [0.3, 0.4) is 0 Å². The fourth-order valence-electron chi connectivity index (χ4n) is 3.21. The van der Waals surface area contributed by atoms with Crippen molar-refractivity contribution >= 4 is 17.5 Å². The number of hydrogen-bond donors (Lipinski definition) is 0. The molecule has 0 radical (unpaired) electrons. The Morgan fingerprint density at radius 1 is 1.23 bits per heavy atom. The van der Waals surface area contributed by atoms with Gasteiger partial charge in [-0.25, -0.2) is 0 Å². The highest BCUT2D eigenvalue weighted by atomic mass is 16.5. The minimum atomic E-state index is -0.188. The molecule has 5 heteroatoms. The summed E-state index contributed by atoms with van der Waals surface area (Å²) in [5.74, 6) is 0.0106. The topological polar surface area (TPSA) is 49.9 Å². The summed E-state index contributed by atoms with van der Waals surface area (Å²) in [5, 5.41) is 0. The van der Waals surface area contributed by atoms with Crippen molar-refractivity contribution in [2.24, 2.45) is 0 Å². The Labute approximate surface area is 130 Å². The Morgan fingerprint density at radius 2 is 1.91 bits per heavy atom. The zero-order chi connectivity index (χ0) is 15.7. The average molecular weight is 302 g/mol. The summed E-state index contributed by atoms with van der Waals surface area (Å²) in [6.45, 7) is 6.62. The molecule has 1 aromatic carbocycles. The predicted molar refractivity (Wildman–Crippen MR) is 83.8 cm³/mol. The number of ether oxygens (including phenoxy) is 1. The van der Waals surface area contributed by atoms with Crippen molar-refractivity contribution in [2.75, 3.05) is 37.7 Å². The van der Waals surface area contributed by atoms with Crippen molar-refractivity contribution in [1.82, 2.24) is 4.90 Å². The van der Waals surface area contributed by atoms with Gasteiger partial charge in [-0.1, -0.05) is 32.0 Å². The van der Waals surface area contributed by atoms with Crippen molar-refractivity contribution in [1.29, 1.82) is 0 Å². The summed E-state index contributed by atoms with van der Waals surface area (Å²) < 4.78 is 5.27.